The molecule has 1 aliphatic rings. The maximum Gasteiger partial charge on any atom is 0.255 e. The minimum absolute atomic E-state index is 0.0277. The van der Waals surface area contributed by atoms with Crippen LogP contribution in [0.15, 0.2) is 29.1 Å². The number of methoxy groups -OCH3 is 1. The van der Waals surface area contributed by atoms with Gasteiger partial charge >= 0.3 is 0 Å². The number of aryl methyl sites for hydroxylation is 1. The Bertz CT molecular complexity index is 679. The molecule has 0 aliphatic heterocycles. The van der Waals surface area contributed by atoms with Crippen molar-refractivity contribution in [2.45, 2.75) is 25.7 Å². The van der Waals surface area contributed by atoms with Crippen molar-refractivity contribution < 1.29 is 4.74 Å². The Morgan fingerprint density at radius 2 is 2.15 bits per heavy atom. The number of hydrogen-bond acceptors (Lipinski definition) is 4. The fourth-order valence-corrected chi connectivity index (χ4v) is 2.50. The minimum atomic E-state index is -0.0277. The van der Waals surface area contributed by atoms with Gasteiger partial charge in [0.2, 0.25) is 5.95 Å². The topological polar surface area (TPSA) is 67.0 Å². The van der Waals surface area contributed by atoms with Crippen LogP contribution in [0.3, 0.4) is 0 Å². The molecule has 1 aliphatic carbocycles. The standard InChI is InChI=1S/C15H17N3O2/c1-20-11-6-4-5-10(9-11)16-15-17-13-8-3-2-7-12(13)14(19)18-15/h4-6,9H,2-3,7-8H2,1H3,(H2,16,17,18,19). The molecule has 0 bridgehead atoms. The molecule has 0 fully saturated rings. The first-order valence-electron chi connectivity index (χ1n) is 6.79. The van der Waals surface area contributed by atoms with Crippen molar-refractivity contribution in [3.8, 4) is 5.75 Å². The van der Waals surface area contributed by atoms with E-state index in [1.54, 1.807) is 7.11 Å². The number of fused-ring (bicyclic) bond motifs is 1. The van der Waals surface area contributed by atoms with Gasteiger partial charge in [0.1, 0.15) is 5.75 Å². The summed E-state index contributed by atoms with van der Waals surface area (Å²) >= 11 is 0. The molecule has 1 aromatic heterocycles. The zero-order chi connectivity index (χ0) is 13.9. The summed E-state index contributed by atoms with van der Waals surface area (Å²) in [5.41, 5.74) is 2.57. The van der Waals surface area contributed by atoms with E-state index in [9.17, 15) is 4.79 Å². The number of anilines is 2. The molecule has 2 aromatic rings. The second-order valence-corrected chi connectivity index (χ2v) is 4.90. The van der Waals surface area contributed by atoms with E-state index in [1.165, 1.54) is 0 Å². The summed E-state index contributed by atoms with van der Waals surface area (Å²) in [7, 11) is 1.62. The smallest absolute Gasteiger partial charge is 0.255 e. The van der Waals surface area contributed by atoms with Gasteiger partial charge in [-0.2, -0.15) is 0 Å². The Labute approximate surface area is 117 Å². The van der Waals surface area contributed by atoms with Crippen LogP contribution in [-0.2, 0) is 12.8 Å². The van der Waals surface area contributed by atoms with Crippen molar-refractivity contribution >= 4 is 11.6 Å². The number of nitrogens with one attached hydrogen (secondary N) is 2. The van der Waals surface area contributed by atoms with Gasteiger partial charge in [-0.05, 0) is 37.8 Å². The van der Waals surface area contributed by atoms with Crippen LogP contribution in [-0.4, -0.2) is 17.1 Å². The molecule has 0 amide bonds. The van der Waals surface area contributed by atoms with Gasteiger partial charge in [0.05, 0.1) is 12.8 Å². The lowest BCUT2D eigenvalue weighted by Gasteiger charge is -2.15. The molecule has 0 unspecified atom stereocenters. The van der Waals surface area contributed by atoms with E-state index in [4.69, 9.17) is 4.74 Å². The van der Waals surface area contributed by atoms with Crippen LogP contribution < -0.4 is 15.6 Å². The third-order valence-corrected chi connectivity index (χ3v) is 3.52. The molecule has 0 spiro atoms. The quantitative estimate of drug-likeness (QED) is 0.899. The van der Waals surface area contributed by atoms with Crippen molar-refractivity contribution in [2.75, 3.05) is 12.4 Å². The van der Waals surface area contributed by atoms with Gasteiger partial charge in [-0.3, -0.25) is 9.78 Å². The Balaban J connectivity index is 1.91. The van der Waals surface area contributed by atoms with Gasteiger partial charge in [-0.25, -0.2) is 4.98 Å². The zero-order valence-electron chi connectivity index (χ0n) is 11.4. The van der Waals surface area contributed by atoms with Crippen molar-refractivity contribution in [1.29, 1.82) is 0 Å². The van der Waals surface area contributed by atoms with Gasteiger partial charge < -0.3 is 10.1 Å². The molecule has 1 heterocycles. The first-order chi connectivity index (χ1) is 9.76. The predicted octanol–water partition coefficient (Wildman–Crippen LogP) is 2.40. The maximum atomic E-state index is 12.0. The number of nitrogens with zero attached hydrogens (tertiary/aromatic N) is 1. The Morgan fingerprint density at radius 1 is 1.30 bits per heavy atom. The second-order valence-electron chi connectivity index (χ2n) is 4.90. The highest BCUT2D eigenvalue weighted by Gasteiger charge is 2.15. The third kappa shape index (κ3) is 2.52. The van der Waals surface area contributed by atoms with E-state index in [0.29, 0.717) is 5.95 Å². The normalized spacial score (nSPS) is 13.7. The highest BCUT2D eigenvalue weighted by Crippen LogP contribution is 2.21. The molecule has 0 radical (unpaired) electrons. The van der Waals surface area contributed by atoms with E-state index >= 15 is 0 Å². The molecule has 3 rings (SSSR count). The van der Waals surface area contributed by atoms with E-state index < -0.39 is 0 Å². The SMILES string of the molecule is COc1cccc(Nc2nc3c(c(=O)[nH]2)CCCC3)c1. The van der Waals surface area contributed by atoms with Crippen molar-refractivity contribution in [2.24, 2.45) is 0 Å². The largest absolute Gasteiger partial charge is 0.497 e. The highest BCUT2D eigenvalue weighted by molar-refractivity contribution is 5.56. The summed E-state index contributed by atoms with van der Waals surface area (Å²) in [5, 5.41) is 3.12. The lowest BCUT2D eigenvalue weighted by molar-refractivity contribution is 0.415. The second kappa shape index (κ2) is 5.36. The number of ether oxygens (including phenoxy) is 1. The van der Waals surface area contributed by atoms with E-state index in [-0.39, 0.29) is 5.56 Å². The molecular weight excluding hydrogens is 254 g/mol. The molecule has 20 heavy (non-hydrogen) atoms. The van der Waals surface area contributed by atoms with E-state index in [2.05, 4.69) is 15.3 Å². The summed E-state index contributed by atoms with van der Waals surface area (Å²) in [4.78, 5) is 19.4. The molecular formula is C15H17N3O2. The molecule has 2 N–H and O–H groups in total. The van der Waals surface area contributed by atoms with Crippen LogP contribution in [0.25, 0.3) is 0 Å². The van der Waals surface area contributed by atoms with Gasteiger partial charge in [0.25, 0.3) is 5.56 Å². The number of H-pyrrole nitrogens is 1. The van der Waals surface area contributed by atoms with Crippen molar-refractivity contribution in [3.63, 3.8) is 0 Å². The predicted molar refractivity (Wildman–Crippen MR) is 77.8 cm³/mol. The average Bonchev–Trinajstić information content (AvgIpc) is 2.47. The minimum Gasteiger partial charge on any atom is -0.497 e. The van der Waals surface area contributed by atoms with Crippen molar-refractivity contribution in [1.82, 2.24) is 9.97 Å². The summed E-state index contributed by atoms with van der Waals surface area (Å²) in [6, 6.07) is 7.52. The highest BCUT2D eigenvalue weighted by atomic mass is 16.5. The maximum absolute atomic E-state index is 12.0. The molecule has 5 nitrogen and oxygen atoms in total. The fraction of sp³-hybridized carbons (Fsp3) is 0.333. The van der Waals surface area contributed by atoms with E-state index in [1.807, 2.05) is 24.3 Å². The average molecular weight is 271 g/mol. The monoisotopic (exact) mass is 271 g/mol. The molecule has 0 saturated heterocycles. The van der Waals surface area contributed by atoms with Crippen LogP contribution in [0.5, 0.6) is 5.75 Å². The Kier molecular flexibility index (Phi) is 3.41. The zero-order valence-corrected chi connectivity index (χ0v) is 11.4. The first-order valence-corrected chi connectivity index (χ1v) is 6.79. The summed E-state index contributed by atoms with van der Waals surface area (Å²) < 4.78 is 5.17. The molecule has 5 heteroatoms. The van der Waals surface area contributed by atoms with Crippen LogP contribution in [0, 0.1) is 0 Å². The van der Waals surface area contributed by atoms with Crippen LogP contribution >= 0.6 is 0 Å². The van der Waals surface area contributed by atoms with E-state index in [0.717, 1.165) is 48.4 Å². The lowest BCUT2D eigenvalue weighted by atomic mass is 9.97. The molecule has 0 saturated carbocycles. The number of rotatable bonds is 3. The van der Waals surface area contributed by atoms with Crippen molar-refractivity contribution in [3.05, 3.63) is 45.9 Å². The van der Waals surface area contributed by atoms with Gasteiger partial charge in [0, 0.05) is 17.3 Å². The van der Waals surface area contributed by atoms with Crippen LogP contribution in [0.1, 0.15) is 24.1 Å². The van der Waals surface area contributed by atoms with Crippen LogP contribution in [0.4, 0.5) is 11.6 Å². The Hall–Kier alpha value is -2.30. The third-order valence-electron chi connectivity index (χ3n) is 3.52. The first kappa shape index (κ1) is 12.7. The van der Waals surface area contributed by atoms with Gasteiger partial charge in [-0.1, -0.05) is 6.07 Å². The van der Waals surface area contributed by atoms with Crippen LogP contribution in [0.2, 0.25) is 0 Å². The molecule has 104 valence electrons. The summed E-state index contributed by atoms with van der Waals surface area (Å²) in [6.45, 7) is 0. The summed E-state index contributed by atoms with van der Waals surface area (Å²) in [6.07, 6.45) is 3.88. The lowest BCUT2D eigenvalue weighted by Crippen LogP contribution is -2.22. The van der Waals surface area contributed by atoms with Gasteiger partial charge in [-0.15, -0.1) is 0 Å². The number of benzene rings is 1. The number of aromatic amines is 1. The van der Waals surface area contributed by atoms with Gasteiger partial charge in [0.15, 0.2) is 0 Å². The fourth-order valence-electron chi connectivity index (χ4n) is 2.50. The number of aromatic nitrogens is 2. The Morgan fingerprint density at radius 3 is 3.00 bits per heavy atom. The molecule has 0 atom stereocenters. The number of hydrogen-bond donors (Lipinski definition) is 2. The molecule has 1 aromatic carbocycles. The summed E-state index contributed by atoms with van der Waals surface area (Å²) in [5.74, 6) is 1.25.